The molecule has 0 spiro atoms. The van der Waals surface area contributed by atoms with Gasteiger partial charge in [-0.25, -0.2) is 4.98 Å². The molecule has 0 saturated heterocycles. The minimum absolute atomic E-state index is 0.0331. The number of hydrogen-bond donors (Lipinski definition) is 2. The summed E-state index contributed by atoms with van der Waals surface area (Å²) >= 11 is 0. The third kappa shape index (κ3) is 4.07. The number of aromatic nitrogens is 3. The van der Waals surface area contributed by atoms with Gasteiger partial charge in [0.2, 0.25) is 5.91 Å². The van der Waals surface area contributed by atoms with Gasteiger partial charge in [0, 0.05) is 31.9 Å². The number of alkyl halides is 3. The number of pyridine rings is 1. The van der Waals surface area contributed by atoms with Crippen LogP contribution < -0.4 is 15.5 Å². The lowest BCUT2D eigenvalue weighted by Gasteiger charge is -2.39. The average molecular weight is 436 g/mol. The van der Waals surface area contributed by atoms with Gasteiger partial charge in [0.15, 0.2) is 0 Å². The predicted octanol–water partition coefficient (Wildman–Crippen LogP) is 3.91. The minimum Gasteiger partial charge on any atom is -0.367 e. The average Bonchev–Trinajstić information content (AvgIpc) is 3.09. The van der Waals surface area contributed by atoms with E-state index in [2.05, 4.69) is 20.7 Å². The minimum atomic E-state index is -4.39. The Morgan fingerprint density at radius 1 is 1.32 bits per heavy atom. The van der Waals surface area contributed by atoms with Crippen LogP contribution in [0.5, 0.6) is 0 Å². The smallest absolute Gasteiger partial charge is 0.367 e. The van der Waals surface area contributed by atoms with E-state index in [1.165, 1.54) is 6.20 Å². The first-order valence-electron chi connectivity index (χ1n) is 10.5. The van der Waals surface area contributed by atoms with E-state index in [-0.39, 0.29) is 36.4 Å². The van der Waals surface area contributed by atoms with Crippen LogP contribution in [-0.2, 0) is 17.5 Å². The lowest BCUT2D eigenvalue weighted by Crippen LogP contribution is -2.49. The van der Waals surface area contributed by atoms with Crippen molar-refractivity contribution in [3.05, 3.63) is 29.7 Å². The Hall–Kier alpha value is -2.78. The molecule has 3 heterocycles. The van der Waals surface area contributed by atoms with Gasteiger partial charge in [-0.05, 0) is 37.7 Å². The molecule has 2 N–H and O–H groups in total. The number of amides is 1. The Morgan fingerprint density at radius 2 is 2.03 bits per heavy atom. The fraction of sp³-hybridized carbons (Fsp3) is 0.571. The van der Waals surface area contributed by atoms with Crippen LogP contribution in [0.1, 0.15) is 38.1 Å². The van der Waals surface area contributed by atoms with Crippen LogP contribution in [0.3, 0.4) is 0 Å². The Morgan fingerprint density at radius 3 is 2.68 bits per heavy atom. The van der Waals surface area contributed by atoms with Crippen LogP contribution in [0, 0.1) is 18.8 Å². The lowest BCUT2D eigenvalue weighted by molar-refractivity contribution is -0.144. The standard InChI is InChI=1S/C21H27F3N6O/c1-11(2)19-20(31)28-18-12(3)26-17(9-15(18)29(19)4)27-14-7-13(8-14)10-30-16(5-6-25-30)21(22,23)24/h5-6,9,11,13-14,19H,7-8,10H2,1-4H3,(H,26,27)(H,28,31)/t13?,14?,19-/m0/s1. The first-order valence-corrected chi connectivity index (χ1v) is 10.5. The Labute approximate surface area is 179 Å². The third-order valence-corrected chi connectivity index (χ3v) is 6.15. The first-order chi connectivity index (χ1) is 14.5. The highest BCUT2D eigenvalue weighted by Gasteiger charge is 2.38. The van der Waals surface area contributed by atoms with Crippen molar-refractivity contribution in [1.29, 1.82) is 0 Å². The van der Waals surface area contributed by atoms with Crippen LogP contribution in [0.2, 0.25) is 0 Å². The Balaban J connectivity index is 1.42. The van der Waals surface area contributed by atoms with E-state index in [0.29, 0.717) is 5.82 Å². The molecule has 2 aromatic heterocycles. The molecule has 2 aliphatic rings. The fourth-order valence-electron chi connectivity index (χ4n) is 4.61. The SMILES string of the molecule is Cc1nc(NC2CC(Cn3nccc3C(F)(F)F)C2)cc2c1NC(=O)[C@H](C(C)C)N2C. The molecule has 1 amide bonds. The fourth-order valence-corrected chi connectivity index (χ4v) is 4.61. The van der Waals surface area contributed by atoms with Gasteiger partial charge in [-0.1, -0.05) is 13.8 Å². The van der Waals surface area contributed by atoms with Crippen molar-refractivity contribution >= 4 is 23.1 Å². The second kappa shape index (κ2) is 7.72. The number of aryl methyl sites for hydroxylation is 1. The quantitative estimate of drug-likeness (QED) is 0.744. The number of rotatable bonds is 5. The summed E-state index contributed by atoms with van der Waals surface area (Å²) < 4.78 is 40.1. The molecule has 0 radical (unpaired) electrons. The molecule has 1 aliphatic carbocycles. The maximum Gasteiger partial charge on any atom is 0.433 e. The van der Waals surface area contributed by atoms with Gasteiger partial charge < -0.3 is 15.5 Å². The molecule has 0 bridgehead atoms. The van der Waals surface area contributed by atoms with Gasteiger partial charge >= 0.3 is 6.18 Å². The second-order valence-electron chi connectivity index (χ2n) is 8.85. The highest BCUT2D eigenvalue weighted by atomic mass is 19.4. The van der Waals surface area contributed by atoms with Gasteiger partial charge in [-0.3, -0.25) is 9.48 Å². The zero-order valence-corrected chi connectivity index (χ0v) is 18.0. The van der Waals surface area contributed by atoms with E-state index in [9.17, 15) is 18.0 Å². The summed E-state index contributed by atoms with van der Waals surface area (Å²) in [5.41, 5.74) is 1.65. The van der Waals surface area contributed by atoms with Gasteiger partial charge in [-0.2, -0.15) is 18.3 Å². The zero-order valence-electron chi connectivity index (χ0n) is 18.0. The molecule has 0 aromatic carbocycles. The molecule has 4 rings (SSSR count). The zero-order chi connectivity index (χ0) is 22.5. The van der Waals surface area contributed by atoms with Gasteiger partial charge in [0.25, 0.3) is 0 Å². The maximum atomic E-state index is 13.0. The second-order valence-corrected chi connectivity index (χ2v) is 8.85. The molecule has 1 fully saturated rings. The topological polar surface area (TPSA) is 75.1 Å². The van der Waals surface area contributed by atoms with E-state index in [0.717, 1.165) is 40.7 Å². The molecule has 2 aromatic rings. The highest BCUT2D eigenvalue weighted by molar-refractivity contribution is 6.04. The summed E-state index contributed by atoms with van der Waals surface area (Å²) in [6, 6.07) is 2.82. The van der Waals surface area contributed by atoms with Crippen molar-refractivity contribution in [2.75, 3.05) is 22.6 Å². The first kappa shape index (κ1) is 21.5. The molecule has 10 heteroatoms. The summed E-state index contributed by atoms with van der Waals surface area (Å²) in [7, 11) is 1.91. The third-order valence-electron chi connectivity index (χ3n) is 6.15. The van der Waals surface area contributed by atoms with Crippen LogP contribution in [0.25, 0.3) is 0 Å². The van der Waals surface area contributed by atoms with E-state index >= 15 is 0 Å². The van der Waals surface area contributed by atoms with Crippen molar-refractivity contribution in [3.63, 3.8) is 0 Å². The summed E-state index contributed by atoms with van der Waals surface area (Å²) in [5.74, 6) is 0.957. The van der Waals surface area contributed by atoms with E-state index in [4.69, 9.17) is 0 Å². The molecular formula is C21H27F3N6O. The number of nitrogens with one attached hydrogen (secondary N) is 2. The van der Waals surface area contributed by atoms with Gasteiger partial charge in [0.05, 0.1) is 17.1 Å². The molecule has 1 saturated carbocycles. The number of fused-ring (bicyclic) bond motifs is 1. The molecule has 7 nitrogen and oxygen atoms in total. The van der Waals surface area contributed by atoms with Crippen LogP contribution in [-0.4, -0.2) is 39.8 Å². The number of carbonyl (C=O) groups excluding carboxylic acids is 1. The highest BCUT2D eigenvalue weighted by Crippen LogP contribution is 2.38. The number of nitrogens with zero attached hydrogens (tertiary/aromatic N) is 4. The van der Waals surface area contributed by atoms with E-state index in [1.807, 2.05) is 38.8 Å². The van der Waals surface area contributed by atoms with Crippen molar-refractivity contribution in [2.45, 2.75) is 58.4 Å². The van der Waals surface area contributed by atoms with E-state index in [1.54, 1.807) is 0 Å². The van der Waals surface area contributed by atoms with Gasteiger partial charge in [0.1, 0.15) is 17.6 Å². The van der Waals surface area contributed by atoms with Crippen LogP contribution in [0.15, 0.2) is 18.3 Å². The molecule has 0 unspecified atom stereocenters. The molecular weight excluding hydrogens is 409 g/mol. The van der Waals surface area contributed by atoms with E-state index < -0.39 is 11.9 Å². The monoisotopic (exact) mass is 436 g/mol. The van der Waals surface area contributed by atoms with Crippen molar-refractivity contribution in [1.82, 2.24) is 14.8 Å². The van der Waals surface area contributed by atoms with Crippen LogP contribution in [0.4, 0.5) is 30.4 Å². The summed E-state index contributed by atoms with van der Waals surface area (Å²) in [6.45, 7) is 6.13. The number of likely N-dealkylation sites (N-methyl/N-ethyl adjacent to an activating group) is 1. The van der Waals surface area contributed by atoms with Crippen LogP contribution >= 0.6 is 0 Å². The largest absolute Gasteiger partial charge is 0.433 e. The molecule has 1 atom stereocenters. The normalized spacial score (nSPS) is 23.4. The molecule has 168 valence electrons. The van der Waals surface area contributed by atoms with Crippen molar-refractivity contribution in [2.24, 2.45) is 11.8 Å². The lowest BCUT2D eigenvalue weighted by atomic mass is 9.80. The Bertz CT molecular complexity index is 980. The predicted molar refractivity (Wildman–Crippen MR) is 112 cm³/mol. The summed E-state index contributed by atoms with van der Waals surface area (Å²) in [6.07, 6.45) is -1.71. The number of carbonyl (C=O) groups is 1. The number of halogens is 3. The summed E-state index contributed by atoms with van der Waals surface area (Å²) in [4.78, 5) is 19.0. The number of anilines is 3. The molecule has 31 heavy (non-hydrogen) atoms. The van der Waals surface area contributed by atoms with Gasteiger partial charge in [-0.15, -0.1) is 0 Å². The van der Waals surface area contributed by atoms with Crippen molar-refractivity contribution < 1.29 is 18.0 Å². The summed E-state index contributed by atoms with van der Waals surface area (Å²) in [5, 5.41) is 10.2. The van der Waals surface area contributed by atoms with Crippen molar-refractivity contribution in [3.8, 4) is 0 Å². The maximum absolute atomic E-state index is 13.0. The molecule has 1 aliphatic heterocycles. The number of hydrogen-bond acceptors (Lipinski definition) is 5. The Kier molecular flexibility index (Phi) is 5.35.